The SMILES string of the molecule is CN(C)CC1CCN(C(=NC2CCCCC2)NN)CC1. The molecule has 0 aromatic rings. The molecular formula is C15H31N5. The molecule has 5 nitrogen and oxygen atoms in total. The lowest BCUT2D eigenvalue weighted by Gasteiger charge is -2.35. The summed E-state index contributed by atoms with van der Waals surface area (Å²) < 4.78 is 0. The molecule has 2 rings (SSSR count). The van der Waals surface area contributed by atoms with E-state index in [1.165, 1.54) is 51.5 Å². The van der Waals surface area contributed by atoms with Gasteiger partial charge in [-0.25, -0.2) is 10.8 Å². The van der Waals surface area contributed by atoms with Crippen molar-refractivity contribution >= 4 is 5.96 Å². The lowest BCUT2D eigenvalue weighted by atomic mass is 9.95. The number of nitrogens with two attached hydrogens (primary N) is 1. The Morgan fingerprint density at radius 2 is 1.80 bits per heavy atom. The number of nitrogens with zero attached hydrogens (tertiary/aromatic N) is 3. The van der Waals surface area contributed by atoms with Crippen LogP contribution in [0.15, 0.2) is 4.99 Å². The molecule has 1 aliphatic carbocycles. The number of hydrogen-bond acceptors (Lipinski definition) is 3. The fraction of sp³-hybridized carbons (Fsp3) is 0.933. The summed E-state index contributed by atoms with van der Waals surface area (Å²) in [6.45, 7) is 3.35. The Kier molecular flexibility index (Phi) is 6.10. The van der Waals surface area contributed by atoms with Crippen LogP contribution in [0.2, 0.25) is 0 Å². The zero-order valence-electron chi connectivity index (χ0n) is 13.1. The topological polar surface area (TPSA) is 56.9 Å². The summed E-state index contributed by atoms with van der Waals surface area (Å²) in [5.74, 6) is 7.44. The van der Waals surface area contributed by atoms with Gasteiger partial charge < -0.3 is 9.80 Å². The Bertz CT molecular complexity index is 301. The fourth-order valence-electron chi connectivity index (χ4n) is 3.44. The summed E-state index contributed by atoms with van der Waals surface area (Å²) in [5.41, 5.74) is 2.84. The van der Waals surface area contributed by atoms with Crippen LogP contribution in [0.5, 0.6) is 0 Å². The molecule has 20 heavy (non-hydrogen) atoms. The molecule has 3 N–H and O–H groups in total. The second kappa shape index (κ2) is 7.84. The van der Waals surface area contributed by atoms with Crippen LogP contribution in [0.25, 0.3) is 0 Å². The van der Waals surface area contributed by atoms with Gasteiger partial charge >= 0.3 is 0 Å². The van der Waals surface area contributed by atoms with Crippen LogP contribution in [-0.2, 0) is 0 Å². The third-order valence-corrected chi connectivity index (χ3v) is 4.55. The summed E-state index contributed by atoms with van der Waals surface area (Å²) in [6.07, 6.45) is 8.93. The van der Waals surface area contributed by atoms with E-state index in [1.807, 2.05) is 0 Å². The van der Waals surface area contributed by atoms with Crippen LogP contribution < -0.4 is 11.3 Å². The third-order valence-electron chi connectivity index (χ3n) is 4.55. The van der Waals surface area contributed by atoms with Gasteiger partial charge in [-0.05, 0) is 45.7 Å². The second-order valence-corrected chi connectivity index (χ2v) is 6.58. The zero-order valence-corrected chi connectivity index (χ0v) is 13.1. The van der Waals surface area contributed by atoms with Crippen LogP contribution in [-0.4, -0.2) is 55.5 Å². The molecule has 0 aromatic heterocycles. The number of hydrazine groups is 1. The molecule has 0 spiro atoms. The van der Waals surface area contributed by atoms with Crippen molar-refractivity contribution in [3.05, 3.63) is 0 Å². The maximum atomic E-state index is 5.71. The lowest BCUT2D eigenvalue weighted by Crippen LogP contribution is -2.49. The summed E-state index contributed by atoms with van der Waals surface area (Å²) in [5, 5.41) is 0. The van der Waals surface area contributed by atoms with Gasteiger partial charge in [0.25, 0.3) is 0 Å². The fourth-order valence-corrected chi connectivity index (χ4v) is 3.44. The van der Waals surface area contributed by atoms with E-state index in [0.29, 0.717) is 6.04 Å². The quantitative estimate of drug-likeness (QED) is 0.355. The highest BCUT2D eigenvalue weighted by atomic mass is 15.4. The average Bonchev–Trinajstić information content (AvgIpc) is 2.46. The van der Waals surface area contributed by atoms with Gasteiger partial charge in [0, 0.05) is 19.6 Å². The van der Waals surface area contributed by atoms with E-state index in [2.05, 4.69) is 29.3 Å². The summed E-state index contributed by atoms with van der Waals surface area (Å²) in [7, 11) is 4.31. The summed E-state index contributed by atoms with van der Waals surface area (Å²) >= 11 is 0. The van der Waals surface area contributed by atoms with Gasteiger partial charge in [-0.15, -0.1) is 0 Å². The molecule has 0 unspecified atom stereocenters. The maximum absolute atomic E-state index is 5.71. The standard InChI is InChI=1S/C15H31N5/c1-19(2)12-13-8-10-20(11-9-13)15(18-16)17-14-6-4-3-5-7-14/h13-14H,3-12,16H2,1-2H3,(H,17,18). The zero-order chi connectivity index (χ0) is 14.4. The molecule has 2 fully saturated rings. The van der Waals surface area contributed by atoms with E-state index >= 15 is 0 Å². The minimum absolute atomic E-state index is 0.481. The predicted octanol–water partition coefficient (Wildman–Crippen LogP) is 1.41. The molecule has 1 heterocycles. The first kappa shape index (κ1) is 15.6. The largest absolute Gasteiger partial charge is 0.342 e. The normalized spacial score (nSPS) is 23.4. The summed E-state index contributed by atoms with van der Waals surface area (Å²) in [4.78, 5) is 9.48. The maximum Gasteiger partial charge on any atom is 0.208 e. The number of aliphatic imine (C=N–C) groups is 1. The minimum Gasteiger partial charge on any atom is -0.342 e. The van der Waals surface area contributed by atoms with E-state index in [0.717, 1.165) is 25.0 Å². The van der Waals surface area contributed by atoms with Crippen LogP contribution >= 0.6 is 0 Å². The molecule has 1 saturated carbocycles. The molecule has 0 bridgehead atoms. The lowest BCUT2D eigenvalue weighted by molar-refractivity contribution is 0.215. The van der Waals surface area contributed by atoms with Crippen LogP contribution in [0.1, 0.15) is 44.9 Å². The number of piperidine rings is 1. The molecule has 116 valence electrons. The van der Waals surface area contributed by atoms with E-state index in [9.17, 15) is 0 Å². The Morgan fingerprint density at radius 1 is 1.15 bits per heavy atom. The van der Waals surface area contributed by atoms with E-state index in [-0.39, 0.29) is 0 Å². The molecule has 5 heteroatoms. The van der Waals surface area contributed by atoms with Gasteiger partial charge in [-0.2, -0.15) is 0 Å². The number of nitrogens with one attached hydrogen (secondary N) is 1. The Hall–Kier alpha value is -0.810. The first-order chi connectivity index (χ1) is 9.69. The molecule has 1 saturated heterocycles. The Balaban J connectivity index is 1.84. The molecule has 2 aliphatic rings. The molecular weight excluding hydrogens is 250 g/mol. The summed E-state index contributed by atoms with van der Waals surface area (Å²) in [6, 6.07) is 0.481. The van der Waals surface area contributed by atoms with Crippen molar-refractivity contribution in [3.63, 3.8) is 0 Å². The predicted molar refractivity (Wildman–Crippen MR) is 84.5 cm³/mol. The number of guanidine groups is 1. The van der Waals surface area contributed by atoms with Gasteiger partial charge in [0.15, 0.2) is 0 Å². The molecule has 1 aliphatic heterocycles. The Labute approximate surface area is 123 Å². The molecule has 0 radical (unpaired) electrons. The highest BCUT2D eigenvalue weighted by Crippen LogP contribution is 2.22. The van der Waals surface area contributed by atoms with Gasteiger partial charge in [0.1, 0.15) is 0 Å². The number of hydrogen-bond donors (Lipinski definition) is 2. The van der Waals surface area contributed by atoms with Gasteiger partial charge in [0.2, 0.25) is 5.96 Å². The number of rotatable bonds is 3. The highest BCUT2D eigenvalue weighted by Gasteiger charge is 2.23. The third kappa shape index (κ3) is 4.63. The first-order valence-electron chi connectivity index (χ1n) is 8.13. The van der Waals surface area contributed by atoms with Crippen molar-refractivity contribution in [3.8, 4) is 0 Å². The van der Waals surface area contributed by atoms with Crippen molar-refractivity contribution in [1.82, 2.24) is 15.2 Å². The van der Waals surface area contributed by atoms with Crippen LogP contribution in [0, 0.1) is 5.92 Å². The van der Waals surface area contributed by atoms with E-state index < -0.39 is 0 Å². The van der Waals surface area contributed by atoms with Crippen molar-refractivity contribution in [2.45, 2.75) is 51.0 Å². The van der Waals surface area contributed by atoms with E-state index in [4.69, 9.17) is 10.8 Å². The van der Waals surface area contributed by atoms with Crippen LogP contribution in [0.4, 0.5) is 0 Å². The van der Waals surface area contributed by atoms with Crippen molar-refractivity contribution < 1.29 is 0 Å². The monoisotopic (exact) mass is 281 g/mol. The number of likely N-dealkylation sites (tertiary alicyclic amines) is 1. The molecule has 0 amide bonds. The van der Waals surface area contributed by atoms with Gasteiger partial charge in [-0.3, -0.25) is 5.43 Å². The second-order valence-electron chi connectivity index (χ2n) is 6.58. The molecule has 0 aromatic carbocycles. The molecule has 0 atom stereocenters. The van der Waals surface area contributed by atoms with Gasteiger partial charge in [0.05, 0.1) is 6.04 Å². The highest BCUT2D eigenvalue weighted by molar-refractivity contribution is 5.79. The minimum atomic E-state index is 0.481. The smallest absolute Gasteiger partial charge is 0.208 e. The van der Waals surface area contributed by atoms with Crippen molar-refractivity contribution in [2.75, 3.05) is 33.7 Å². The first-order valence-corrected chi connectivity index (χ1v) is 8.13. The average molecular weight is 281 g/mol. The van der Waals surface area contributed by atoms with Crippen molar-refractivity contribution in [1.29, 1.82) is 0 Å². The van der Waals surface area contributed by atoms with Crippen LogP contribution in [0.3, 0.4) is 0 Å². The Morgan fingerprint density at radius 3 is 2.35 bits per heavy atom. The van der Waals surface area contributed by atoms with Gasteiger partial charge in [-0.1, -0.05) is 19.3 Å². The van der Waals surface area contributed by atoms with Crippen molar-refractivity contribution in [2.24, 2.45) is 16.8 Å². The van der Waals surface area contributed by atoms with E-state index in [1.54, 1.807) is 0 Å².